The van der Waals surface area contributed by atoms with Crippen LogP contribution in [0.3, 0.4) is 0 Å². The molecular formula is C19H25N5O2. The van der Waals surface area contributed by atoms with Crippen molar-refractivity contribution in [2.75, 3.05) is 31.1 Å². The zero-order valence-corrected chi connectivity index (χ0v) is 15.4. The number of pyridine rings is 1. The van der Waals surface area contributed by atoms with Crippen LogP contribution >= 0.6 is 0 Å². The van der Waals surface area contributed by atoms with Gasteiger partial charge in [-0.05, 0) is 31.9 Å². The van der Waals surface area contributed by atoms with E-state index < -0.39 is 0 Å². The maximum atomic E-state index is 12.8. The van der Waals surface area contributed by atoms with Crippen molar-refractivity contribution in [1.29, 1.82) is 0 Å². The number of likely N-dealkylation sites (tertiary alicyclic amines) is 1. The van der Waals surface area contributed by atoms with Crippen LogP contribution in [0.4, 0.5) is 5.82 Å². The van der Waals surface area contributed by atoms with Crippen LogP contribution in [0.15, 0.2) is 24.5 Å². The highest BCUT2D eigenvalue weighted by molar-refractivity contribution is 5.95. The van der Waals surface area contributed by atoms with E-state index in [9.17, 15) is 4.79 Å². The molecule has 0 spiro atoms. The van der Waals surface area contributed by atoms with Crippen molar-refractivity contribution in [2.45, 2.75) is 32.3 Å². The van der Waals surface area contributed by atoms with E-state index in [4.69, 9.17) is 4.74 Å². The molecule has 2 aromatic rings. The summed E-state index contributed by atoms with van der Waals surface area (Å²) in [5.74, 6) is 1.79. The van der Waals surface area contributed by atoms with Crippen molar-refractivity contribution in [2.24, 2.45) is 7.05 Å². The number of rotatable bonds is 4. The molecule has 2 aromatic heterocycles. The first kappa shape index (κ1) is 16.9. The van der Waals surface area contributed by atoms with Gasteiger partial charge in [-0.2, -0.15) is 5.10 Å². The average molecular weight is 355 g/mol. The maximum absolute atomic E-state index is 12.8. The number of aryl methyl sites for hydroxylation is 2. The van der Waals surface area contributed by atoms with Crippen LogP contribution in [-0.2, 0) is 7.05 Å². The molecule has 0 unspecified atom stereocenters. The van der Waals surface area contributed by atoms with E-state index >= 15 is 0 Å². The van der Waals surface area contributed by atoms with Crippen LogP contribution in [0.25, 0.3) is 0 Å². The molecule has 0 saturated carbocycles. The van der Waals surface area contributed by atoms with E-state index in [2.05, 4.69) is 15.0 Å². The summed E-state index contributed by atoms with van der Waals surface area (Å²) in [6.45, 7) is 5.24. The van der Waals surface area contributed by atoms with E-state index in [0.717, 1.165) is 36.8 Å². The molecule has 2 fully saturated rings. The third kappa shape index (κ3) is 3.25. The fraction of sp³-hybridized carbons (Fsp3) is 0.526. The van der Waals surface area contributed by atoms with Crippen LogP contribution in [0, 0.1) is 6.92 Å². The van der Waals surface area contributed by atoms with Gasteiger partial charge in [0.15, 0.2) is 11.6 Å². The second-order valence-electron chi connectivity index (χ2n) is 7.10. The lowest BCUT2D eigenvalue weighted by atomic mass is 10.2. The molecule has 0 radical (unpaired) electrons. The summed E-state index contributed by atoms with van der Waals surface area (Å²) in [5, 5.41) is 4.27. The molecule has 0 N–H and O–H groups in total. The summed E-state index contributed by atoms with van der Waals surface area (Å²) in [7, 11) is 1.84. The third-order valence-corrected chi connectivity index (χ3v) is 5.13. The quantitative estimate of drug-likeness (QED) is 0.840. The number of hydrogen-bond donors (Lipinski definition) is 0. The lowest BCUT2D eigenvalue weighted by molar-refractivity contribution is 0.0771. The maximum Gasteiger partial charge on any atom is 0.257 e. The summed E-state index contributed by atoms with van der Waals surface area (Å²) in [6.07, 6.45) is 6.84. The highest BCUT2D eigenvalue weighted by Gasteiger charge is 2.30. The Bertz CT molecular complexity index is 797. The van der Waals surface area contributed by atoms with E-state index in [1.165, 1.54) is 12.8 Å². The highest BCUT2D eigenvalue weighted by atomic mass is 16.5. The SMILES string of the molecule is Cc1nn(C)cc1C(=O)N1CC[C@@H](Oc2cccnc2N2CCCC2)C1. The molecule has 2 aliphatic heterocycles. The number of amides is 1. The standard InChI is InChI=1S/C19H25N5O2/c1-14-16(13-22(2)21-14)19(25)24-11-7-15(12-24)26-17-6-5-8-20-18(17)23-9-3-4-10-23/h5-6,8,13,15H,3-4,7,9-12H2,1-2H3/t15-/m1/s1. The van der Waals surface area contributed by atoms with Crippen LogP contribution in [0.5, 0.6) is 5.75 Å². The number of carbonyl (C=O) groups excluding carboxylic acids is 1. The summed E-state index contributed by atoms with van der Waals surface area (Å²) in [6, 6.07) is 3.89. The van der Waals surface area contributed by atoms with Crippen molar-refractivity contribution in [3.8, 4) is 5.75 Å². The van der Waals surface area contributed by atoms with E-state index in [1.54, 1.807) is 10.9 Å². The van der Waals surface area contributed by atoms with Crippen molar-refractivity contribution in [1.82, 2.24) is 19.7 Å². The molecule has 1 atom stereocenters. The number of hydrogen-bond acceptors (Lipinski definition) is 5. The summed E-state index contributed by atoms with van der Waals surface area (Å²) in [5.41, 5.74) is 1.44. The van der Waals surface area contributed by atoms with Gasteiger partial charge in [0.25, 0.3) is 5.91 Å². The van der Waals surface area contributed by atoms with Crippen LogP contribution in [0.1, 0.15) is 35.3 Å². The largest absolute Gasteiger partial charge is 0.485 e. The smallest absolute Gasteiger partial charge is 0.257 e. The minimum atomic E-state index is 0.00137. The lowest BCUT2D eigenvalue weighted by Crippen LogP contribution is -2.31. The zero-order valence-electron chi connectivity index (χ0n) is 15.4. The molecule has 138 valence electrons. The topological polar surface area (TPSA) is 63.5 Å². The lowest BCUT2D eigenvalue weighted by Gasteiger charge is -2.22. The third-order valence-electron chi connectivity index (χ3n) is 5.13. The normalized spacial score (nSPS) is 20.0. The Balaban J connectivity index is 1.43. The molecule has 2 aliphatic rings. The Morgan fingerprint density at radius 2 is 2.08 bits per heavy atom. The molecule has 0 bridgehead atoms. The van der Waals surface area contributed by atoms with Gasteiger partial charge in [0.1, 0.15) is 6.10 Å². The van der Waals surface area contributed by atoms with Gasteiger partial charge >= 0.3 is 0 Å². The van der Waals surface area contributed by atoms with Crippen molar-refractivity contribution >= 4 is 11.7 Å². The van der Waals surface area contributed by atoms with Gasteiger partial charge in [-0.3, -0.25) is 9.48 Å². The highest BCUT2D eigenvalue weighted by Crippen LogP contribution is 2.30. The molecule has 2 saturated heterocycles. The zero-order chi connectivity index (χ0) is 18.1. The van der Waals surface area contributed by atoms with Crippen LogP contribution in [-0.4, -0.2) is 57.9 Å². The van der Waals surface area contributed by atoms with Gasteiger partial charge in [-0.25, -0.2) is 4.98 Å². The Morgan fingerprint density at radius 1 is 1.27 bits per heavy atom. The molecule has 0 aliphatic carbocycles. The van der Waals surface area contributed by atoms with Crippen molar-refractivity contribution < 1.29 is 9.53 Å². The van der Waals surface area contributed by atoms with Gasteiger partial charge in [0, 0.05) is 45.5 Å². The van der Waals surface area contributed by atoms with Gasteiger partial charge < -0.3 is 14.5 Å². The minimum Gasteiger partial charge on any atom is -0.485 e. The predicted octanol–water partition coefficient (Wildman–Crippen LogP) is 2.02. The number of aromatic nitrogens is 3. The molecule has 26 heavy (non-hydrogen) atoms. The van der Waals surface area contributed by atoms with Crippen molar-refractivity contribution in [3.63, 3.8) is 0 Å². The fourth-order valence-corrected chi connectivity index (χ4v) is 3.81. The predicted molar refractivity (Wildman–Crippen MR) is 98.6 cm³/mol. The first-order valence-corrected chi connectivity index (χ1v) is 9.28. The van der Waals surface area contributed by atoms with Gasteiger partial charge in [-0.15, -0.1) is 0 Å². The molecule has 4 rings (SSSR count). The Kier molecular flexibility index (Phi) is 4.53. The van der Waals surface area contributed by atoms with Crippen LogP contribution in [0.2, 0.25) is 0 Å². The molecule has 1 amide bonds. The molecule has 4 heterocycles. The average Bonchev–Trinajstić information content (AvgIpc) is 3.36. The number of carbonyl (C=O) groups is 1. The summed E-state index contributed by atoms with van der Waals surface area (Å²) in [4.78, 5) is 21.4. The number of ether oxygens (including phenoxy) is 1. The number of anilines is 1. The molecule has 7 heteroatoms. The molecule has 0 aromatic carbocycles. The first-order valence-electron chi connectivity index (χ1n) is 9.28. The molecular weight excluding hydrogens is 330 g/mol. The van der Waals surface area contributed by atoms with Gasteiger partial charge in [-0.1, -0.05) is 0 Å². The molecule has 7 nitrogen and oxygen atoms in total. The monoisotopic (exact) mass is 355 g/mol. The van der Waals surface area contributed by atoms with E-state index in [0.29, 0.717) is 18.7 Å². The first-order chi connectivity index (χ1) is 12.6. The Hall–Kier alpha value is -2.57. The van der Waals surface area contributed by atoms with Gasteiger partial charge in [0.05, 0.1) is 17.8 Å². The van der Waals surface area contributed by atoms with Crippen molar-refractivity contribution in [3.05, 3.63) is 35.8 Å². The van der Waals surface area contributed by atoms with Gasteiger partial charge in [0.2, 0.25) is 0 Å². The second kappa shape index (κ2) is 6.97. The van der Waals surface area contributed by atoms with E-state index in [1.807, 2.05) is 37.2 Å². The minimum absolute atomic E-state index is 0.00137. The summed E-state index contributed by atoms with van der Waals surface area (Å²) < 4.78 is 7.94. The number of nitrogens with zero attached hydrogens (tertiary/aromatic N) is 5. The second-order valence-corrected chi connectivity index (χ2v) is 7.10. The summed E-state index contributed by atoms with van der Waals surface area (Å²) >= 11 is 0. The fourth-order valence-electron chi connectivity index (χ4n) is 3.81. The Labute approximate surface area is 153 Å². The van der Waals surface area contributed by atoms with E-state index in [-0.39, 0.29) is 12.0 Å². The Morgan fingerprint density at radius 3 is 2.81 bits per heavy atom. The van der Waals surface area contributed by atoms with Crippen LogP contribution < -0.4 is 9.64 Å².